The first-order valence-electron chi connectivity index (χ1n) is 5.21. The highest BCUT2D eigenvalue weighted by molar-refractivity contribution is 6.28. The molecule has 0 saturated carbocycles. The highest BCUT2D eigenvalue weighted by atomic mass is 16.6. The van der Waals surface area contributed by atoms with Crippen molar-refractivity contribution in [3.8, 4) is 0 Å². The van der Waals surface area contributed by atoms with Crippen LogP contribution < -0.4 is 0 Å². The van der Waals surface area contributed by atoms with Crippen molar-refractivity contribution in [2.24, 2.45) is 0 Å². The Morgan fingerprint density at radius 2 is 1.65 bits per heavy atom. The van der Waals surface area contributed by atoms with Gasteiger partial charge in [0, 0.05) is 6.08 Å². The zero-order chi connectivity index (χ0) is 11.8. The minimum absolute atomic E-state index is 0.320. The first-order valence-corrected chi connectivity index (χ1v) is 5.21. The number of carbonyl (C=O) groups excluding carboxylic acids is 2. The number of carbonyl (C=O) groups is 2. The van der Waals surface area contributed by atoms with Crippen LogP contribution in [-0.4, -0.2) is 11.9 Å². The van der Waals surface area contributed by atoms with Crippen molar-refractivity contribution in [3.05, 3.63) is 54.1 Å². The molecule has 1 heterocycles. The molecule has 0 fully saturated rings. The number of benzene rings is 2. The summed E-state index contributed by atoms with van der Waals surface area (Å²) >= 11 is 0. The van der Waals surface area contributed by atoms with Gasteiger partial charge in [0.2, 0.25) is 0 Å². The Kier molecular flexibility index (Phi) is 2.05. The molecule has 0 saturated heterocycles. The number of cyclic esters (lactones) is 2. The van der Waals surface area contributed by atoms with E-state index < -0.39 is 11.9 Å². The van der Waals surface area contributed by atoms with Crippen LogP contribution in [0.1, 0.15) is 5.56 Å². The van der Waals surface area contributed by atoms with Gasteiger partial charge in [-0.2, -0.15) is 0 Å². The van der Waals surface area contributed by atoms with Crippen molar-refractivity contribution in [3.63, 3.8) is 0 Å². The minimum Gasteiger partial charge on any atom is -0.386 e. The molecule has 0 radical (unpaired) electrons. The SMILES string of the molecule is O=C1C=C(c2ccc3ccccc3c2)C(=O)O1. The van der Waals surface area contributed by atoms with Crippen molar-refractivity contribution in [1.82, 2.24) is 0 Å². The summed E-state index contributed by atoms with van der Waals surface area (Å²) in [5.74, 6) is -1.18. The maximum atomic E-state index is 11.4. The van der Waals surface area contributed by atoms with E-state index in [0.29, 0.717) is 11.1 Å². The molecule has 3 rings (SSSR count). The van der Waals surface area contributed by atoms with Crippen LogP contribution in [0.2, 0.25) is 0 Å². The third-order valence-electron chi connectivity index (χ3n) is 2.74. The fourth-order valence-corrected chi connectivity index (χ4v) is 1.91. The van der Waals surface area contributed by atoms with E-state index in [0.717, 1.165) is 10.8 Å². The number of hydrogen-bond acceptors (Lipinski definition) is 3. The van der Waals surface area contributed by atoms with E-state index in [1.807, 2.05) is 42.5 Å². The van der Waals surface area contributed by atoms with Gasteiger partial charge in [0.15, 0.2) is 0 Å². The number of hydrogen-bond donors (Lipinski definition) is 0. The zero-order valence-electron chi connectivity index (χ0n) is 8.84. The molecule has 2 aromatic carbocycles. The molecule has 1 aliphatic heterocycles. The first-order chi connectivity index (χ1) is 8.24. The summed E-state index contributed by atoms with van der Waals surface area (Å²) in [5.41, 5.74) is 1.03. The smallest absolute Gasteiger partial charge is 0.346 e. The van der Waals surface area contributed by atoms with Crippen molar-refractivity contribution in [2.75, 3.05) is 0 Å². The summed E-state index contributed by atoms with van der Waals surface area (Å²) < 4.78 is 4.47. The average molecular weight is 224 g/mol. The topological polar surface area (TPSA) is 43.4 Å². The summed E-state index contributed by atoms with van der Waals surface area (Å²) in [6.45, 7) is 0. The summed E-state index contributed by atoms with van der Waals surface area (Å²) in [6.07, 6.45) is 1.23. The lowest BCUT2D eigenvalue weighted by Gasteiger charge is -2.02. The average Bonchev–Trinajstić information content (AvgIpc) is 2.68. The number of esters is 2. The predicted octanol–water partition coefficient (Wildman–Crippen LogP) is 2.31. The van der Waals surface area contributed by atoms with Crippen molar-refractivity contribution >= 4 is 28.3 Å². The fourth-order valence-electron chi connectivity index (χ4n) is 1.91. The molecule has 3 nitrogen and oxygen atoms in total. The molecular weight excluding hydrogens is 216 g/mol. The van der Waals surface area contributed by atoms with E-state index in [1.54, 1.807) is 0 Å². The molecule has 2 aromatic rings. The third kappa shape index (κ3) is 1.61. The van der Waals surface area contributed by atoms with Crippen LogP contribution in [0.5, 0.6) is 0 Å². The maximum absolute atomic E-state index is 11.4. The third-order valence-corrected chi connectivity index (χ3v) is 2.74. The molecule has 0 N–H and O–H groups in total. The summed E-state index contributed by atoms with van der Waals surface area (Å²) in [5, 5.41) is 2.12. The Bertz CT molecular complexity index is 668. The van der Waals surface area contributed by atoms with E-state index >= 15 is 0 Å². The van der Waals surface area contributed by atoms with Crippen LogP contribution in [0.3, 0.4) is 0 Å². The largest absolute Gasteiger partial charge is 0.386 e. The van der Waals surface area contributed by atoms with Crippen molar-refractivity contribution in [2.45, 2.75) is 0 Å². The van der Waals surface area contributed by atoms with Gasteiger partial charge in [-0.3, -0.25) is 0 Å². The molecule has 0 spiro atoms. The second-order valence-corrected chi connectivity index (χ2v) is 3.83. The predicted molar refractivity (Wildman–Crippen MR) is 63.0 cm³/mol. The second kappa shape index (κ2) is 3.56. The van der Waals surface area contributed by atoms with Crippen LogP contribution in [0.15, 0.2) is 48.5 Å². The second-order valence-electron chi connectivity index (χ2n) is 3.83. The number of rotatable bonds is 1. The summed E-state index contributed by atoms with van der Waals surface area (Å²) in [6, 6.07) is 13.4. The highest BCUT2D eigenvalue weighted by Crippen LogP contribution is 2.24. The van der Waals surface area contributed by atoms with E-state index in [9.17, 15) is 9.59 Å². The monoisotopic (exact) mass is 224 g/mol. The summed E-state index contributed by atoms with van der Waals surface area (Å²) in [7, 11) is 0. The lowest BCUT2D eigenvalue weighted by Crippen LogP contribution is -2.01. The van der Waals surface area contributed by atoms with Gasteiger partial charge in [0.25, 0.3) is 0 Å². The highest BCUT2D eigenvalue weighted by Gasteiger charge is 2.24. The molecule has 0 unspecified atom stereocenters. The molecule has 0 aromatic heterocycles. The quantitative estimate of drug-likeness (QED) is 0.551. The van der Waals surface area contributed by atoms with E-state index in [-0.39, 0.29) is 0 Å². The Balaban J connectivity index is 2.16. The fraction of sp³-hybridized carbons (Fsp3) is 0. The van der Waals surface area contributed by atoms with Crippen molar-refractivity contribution < 1.29 is 14.3 Å². The molecule has 0 amide bonds. The van der Waals surface area contributed by atoms with Gasteiger partial charge in [-0.05, 0) is 22.4 Å². The molecule has 82 valence electrons. The minimum atomic E-state index is -0.599. The van der Waals surface area contributed by atoms with Crippen LogP contribution in [-0.2, 0) is 14.3 Å². The standard InChI is InChI=1S/C14H8O3/c15-13-8-12(14(16)17-13)11-6-5-9-3-1-2-4-10(9)7-11/h1-8H. The molecular formula is C14H8O3. The Labute approximate surface area is 97.3 Å². The van der Waals surface area contributed by atoms with Gasteiger partial charge < -0.3 is 4.74 Å². The summed E-state index contributed by atoms with van der Waals surface area (Å²) in [4.78, 5) is 22.4. The normalized spacial score (nSPS) is 14.9. The van der Waals surface area contributed by atoms with Gasteiger partial charge in [-0.1, -0.05) is 36.4 Å². The van der Waals surface area contributed by atoms with Gasteiger partial charge in [-0.15, -0.1) is 0 Å². The lowest BCUT2D eigenvalue weighted by molar-refractivity contribution is -0.149. The van der Waals surface area contributed by atoms with Crippen LogP contribution in [0.25, 0.3) is 16.3 Å². The van der Waals surface area contributed by atoms with Crippen LogP contribution in [0.4, 0.5) is 0 Å². The Hall–Kier alpha value is -2.42. The zero-order valence-corrected chi connectivity index (χ0v) is 8.84. The van der Waals surface area contributed by atoms with Crippen molar-refractivity contribution in [1.29, 1.82) is 0 Å². The molecule has 17 heavy (non-hydrogen) atoms. The number of ether oxygens (including phenoxy) is 1. The van der Waals surface area contributed by atoms with Gasteiger partial charge >= 0.3 is 11.9 Å². The Morgan fingerprint density at radius 3 is 2.35 bits per heavy atom. The molecule has 0 aliphatic carbocycles. The van der Waals surface area contributed by atoms with E-state index in [2.05, 4.69) is 4.74 Å². The van der Waals surface area contributed by atoms with Crippen LogP contribution >= 0.6 is 0 Å². The van der Waals surface area contributed by atoms with Gasteiger partial charge in [-0.25, -0.2) is 9.59 Å². The van der Waals surface area contributed by atoms with E-state index in [1.165, 1.54) is 6.08 Å². The maximum Gasteiger partial charge on any atom is 0.346 e. The Morgan fingerprint density at radius 1 is 0.882 bits per heavy atom. The molecule has 3 heteroatoms. The van der Waals surface area contributed by atoms with Gasteiger partial charge in [0.05, 0.1) is 5.57 Å². The molecule has 0 bridgehead atoms. The molecule has 0 atom stereocenters. The van der Waals surface area contributed by atoms with Gasteiger partial charge in [0.1, 0.15) is 0 Å². The van der Waals surface area contributed by atoms with E-state index in [4.69, 9.17) is 0 Å². The molecule has 1 aliphatic rings. The lowest BCUT2D eigenvalue weighted by atomic mass is 10.0. The van der Waals surface area contributed by atoms with Crippen LogP contribution in [0, 0.1) is 0 Å². The first kappa shape index (κ1) is 9.78. The number of fused-ring (bicyclic) bond motifs is 1.